The zero-order chi connectivity index (χ0) is 21.2. The Kier molecular flexibility index (Phi) is 5.30. The maximum Gasteiger partial charge on any atom is 0.0164 e. The van der Waals surface area contributed by atoms with Gasteiger partial charge in [0, 0.05) is 6.42 Å². The summed E-state index contributed by atoms with van der Waals surface area (Å²) in [6.45, 7) is 4.58. The molecule has 0 amide bonds. The third kappa shape index (κ3) is 3.86. The van der Waals surface area contributed by atoms with E-state index in [2.05, 4.69) is 123 Å². The van der Waals surface area contributed by atoms with E-state index in [0.29, 0.717) is 5.92 Å². The van der Waals surface area contributed by atoms with Crippen molar-refractivity contribution in [1.29, 1.82) is 0 Å². The number of benzene rings is 4. The molecule has 0 bridgehead atoms. The lowest BCUT2D eigenvalue weighted by molar-refractivity contribution is 0.649. The zero-order valence-electron chi connectivity index (χ0n) is 18.2. The largest absolute Gasteiger partial charge is 0.0625 e. The van der Waals surface area contributed by atoms with Crippen molar-refractivity contribution in [1.82, 2.24) is 0 Å². The minimum atomic E-state index is 0.644. The summed E-state index contributed by atoms with van der Waals surface area (Å²) in [6.07, 6.45) is 5.90. The molecule has 1 radical (unpaired) electrons. The van der Waals surface area contributed by atoms with Crippen molar-refractivity contribution in [3.05, 3.63) is 120 Å². The molecule has 0 atom stereocenters. The molecule has 0 heteroatoms. The molecule has 0 aromatic heterocycles. The van der Waals surface area contributed by atoms with Crippen LogP contribution in [0.1, 0.15) is 31.4 Å². The first-order chi connectivity index (χ1) is 15.2. The van der Waals surface area contributed by atoms with Crippen molar-refractivity contribution in [2.45, 2.75) is 20.3 Å². The Balaban J connectivity index is 1.78. The van der Waals surface area contributed by atoms with E-state index in [1.54, 1.807) is 0 Å². The van der Waals surface area contributed by atoms with Crippen LogP contribution in [-0.4, -0.2) is 0 Å². The monoisotopic (exact) mass is 399 g/mol. The normalized spacial score (nSPS) is 12.7. The lowest BCUT2D eigenvalue weighted by atomic mass is 9.85. The van der Waals surface area contributed by atoms with Crippen LogP contribution >= 0.6 is 0 Å². The lowest BCUT2D eigenvalue weighted by Crippen LogP contribution is -1.94. The third-order valence-corrected chi connectivity index (χ3v) is 5.96. The van der Waals surface area contributed by atoms with E-state index < -0.39 is 0 Å². The number of rotatable bonds is 5. The van der Waals surface area contributed by atoms with E-state index in [-0.39, 0.29) is 0 Å². The molecule has 5 rings (SSSR count). The minimum Gasteiger partial charge on any atom is -0.0625 e. The molecule has 1 aliphatic carbocycles. The van der Waals surface area contributed by atoms with Crippen molar-refractivity contribution in [3.63, 3.8) is 0 Å². The van der Waals surface area contributed by atoms with E-state index in [4.69, 9.17) is 0 Å². The summed E-state index contributed by atoms with van der Waals surface area (Å²) in [5, 5.41) is 0. The van der Waals surface area contributed by atoms with Gasteiger partial charge in [-0.15, -0.1) is 0 Å². The number of fused-ring (bicyclic) bond motifs is 1. The van der Waals surface area contributed by atoms with Gasteiger partial charge < -0.3 is 0 Å². The fourth-order valence-electron chi connectivity index (χ4n) is 4.65. The average molecular weight is 400 g/mol. The zero-order valence-corrected chi connectivity index (χ0v) is 18.2. The number of hydrogen-bond donors (Lipinski definition) is 0. The molecular weight excluding hydrogens is 372 g/mol. The molecular formula is C31H27. The number of allylic oxidation sites excluding steroid dienone is 1. The van der Waals surface area contributed by atoms with Crippen LogP contribution in [0.2, 0.25) is 0 Å². The highest BCUT2D eigenvalue weighted by molar-refractivity contribution is 5.98. The molecule has 4 aromatic carbocycles. The molecule has 0 nitrogen and oxygen atoms in total. The first-order valence-corrected chi connectivity index (χ1v) is 11.1. The van der Waals surface area contributed by atoms with Crippen LogP contribution in [0.25, 0.3) is 39.5 Å². The quantitative estimate of drug-likeness (QED) is 0.315. The molecule has 0 saturated heterocycles. The van der Waals surface area contributed by atoms with E-state index in [9.17, 15) is 0 Å². The van der Waals surface area contributed by atoms with Crippen molar-refractivity contribution in [3.8, 4) is 33.4 Å². The molecule has 0 N–H and O–H groups in total. The van der Waals surface area contributed by atoms with E-state index >= 15 is 0 Å². The first-order valence-electron chi connectivity index (χ1n) is 11.1. The fourth-order valence-corrected chi connectivity index (χ4v) is 4.65. The summed E-state index contributed by atoms with van der Waals surface area (Å²) in [4.78, 5) is 0. The Labute approximate surface area is 185 Å². The standard InChI is InChI=1S/C31H27/c1-22(2)19-23-20-26-17-18-28(25-13-7-4-8-14-25)31(30(26)21-23)29-16-10-9-15-27(29)24-11-5-3-6-12-24/h3-18,20-22H,19H2,1-2H3. The molecule has 0 fully saturated rings. The van der Waals surface area contributed by atoms with Crippen LogP contribution in [0.15, 0.2) is 103 Å². The topological polar surface area (TPSA) is 0 Å². The molecule has 0 aliphatic heterocycles. The third-order valence-electron chi connectivity index (χ3n) is 5.96. The lowest BCUT2D eigenvalue weighted by Gasteiger charge is -2.18. The molecule has 31 heavy (non-hydrogen) atoms. The van der Waals surface area contributed by atoms with Crippen LogP contribution in [0, 0.1) is 12.3 Å². The predicted molar refractivity (Wildman–Crippen MR) is 134 cm³/mol. The van der Waals surface area contributed by atoms with Crippen molar-refractivity contribution >= 4 is 6.08 Å². The molecule has 0 heterocycles. The highest BCUT2D eigenvalue weighted by Gasteiger charge is 2.22. The highest BCUT2D eigenvalue weighted by atomic mass is 14.3. The number of hydrogen-bond acceptors (Lipinski definition) is 0. The van der Waals surface area contributed by atoms with E-state index in [0.717, 1.165) is 6.42 Å². The van der Waals surface area contributed by atoms with Gasteiger partial charge in [0.25, 0.3) is 0 Å². The van der Waals surface area contributed by atoms with Gasteiger partial charge >= 0.3 is 0 Å². The SMILES string of the molecule is CC(C)CC1=Cc2c(ccc(-c3ccccc3)c2-c2ccccc2-c2ccccc2)[CH]1. The van der Waals surface area contributed by atoms with Gasteiger partial charge in [0.05, 0.1) is 0 Å². The minimum absolute atomic E-state index is 0.644. The molecule has 0 unspecified atom stereocenters. The Morgan fingerprint density at radius 1 is 0.581 bits per heavy atom. The molecule has 1 aliphatic rings. The Morgan fingerprint density at radius 3 is 1.81 bits per heavy atom. The Morgan fingerprint density at radius 2 is 1.16 bits per heavy atom. The van der Waals surface area contributed by atoms with Crippen LogP contribution in [0.5, 0.6) is 0 Å². The second-order valence-electron chi connectivity index (χ2n) is 8.73. The summed E-state index contributed by atoms with van der Waals surface area (Å²) in [5.74, 6) is 0.644. The van der Waals surface area contributed by atoms with Crippen molar-refractivity contribution < 1.29 is 0 Å². The van der Waals surface area contributed by atoms with Crippen LogP contribution < -0.4 is 0 Å². The molecule has 4 aromatic rings. The van der Waals surface area contributed by atoms with E-state index in [1.807, 2.05) is 0 Å². The van der Waals surface area contributed by atoms with Crippen LogP contribution in [-0.2, 0) is 0 Å². The van der Waals surface area contributed by atoms with Gasteiger partial charge in [-0.3, -0.25) is 0 Å². The van der Waals surface area contributed by atoms with Gasteiger partial charge in [0.2, 0.25) is 0 Å². The second kappa shape index (κ2) is 8.40. The Hall–Kier alpha value is -3.38. The summed E-state index contributed by atoms with van der Waals surface area (Å²) < 4.78 is 0. The average Bonchev–Trinajstić information content (AvgIpc) is 3.21. The maximum absolute atomic E-state index is 2.42. The predicted octanol–water partition coefficient (Wildman–Crippen LogP) is 8.68. The fraction of sp³-hybridized carbons (Fsp3) is 0.129. The van der Waals surface area contributed by atoms with Gasteiger partial charge in [-0.25, -0.2) is 0 Å². The van der Waals surface area contributed by atoms with Crippen molar-refractivity contribution in [2.75, 3.05) is 0 Å². The molecule has 151 valence electrons. The smallest absolute Gasteiger partial charge is 0.0164 e. The van der Waals surface area contributed by atoms with Gasteiger partial charge in [0.1, 0.15) is 0 Å². The summed E-state index contributed by atoms with van der Waals surface area (Å²) >= 11 is 0. The molecule has 0 saturated carbocycles. The highest BCUT2D eigenvalue weighted by Crippen LogP contribution is 2.45. The van der Waals surface area contributed by atoms with E-state index in [1.165, 1.54) is 50.1 Å². The van der Waals surface area contributed by atoms with Crippen LogP contribution in [0.4, 0.5) is 0 Å². The maximum atomic E-state index is 2.42. The summed E-state index contributed by atoms with van der Waals surface area (Å²) in [7, 11) is 0. The Bertz CT molecular complexity index is 1230. The molecule has 0 spiro atoms. The first kappa shape index (κ1) is 19.6. The van der Waals surface area contributed by atoms with Gasteiger partial charge in [-0.05, 0) is 56.8 Å². The van der Waals surface area contributed by atoms with Crippen LogP contribution in [0.3, 0.4) is 0 Å². The van der Waals surface area contributed by atoms with Gasteiger partial charge in [-0.2, -0.15) is 0 Å². The van der Waals surface area contributed by atoms with Crippen molar-refractivity contribution in [2.24, 2.45) is 5.92 Å². The van der Waals surface area contributed by atoms with Gasteiger partial charge in [-0.1, -0.05) is 123 Å². The van der Waals surface area contributed by atoms with Gasteiger partial charge in [0.15, 0.2) is 0 Å². The summed E-state index contributed by atoms with van der Waals surface area (Å²) in [6, 6.07) is 34.9. The summed E-state index contributed by atoms with van der Waals surface area (Å²) in [5.41, 5.74) is 11.8. The second-order valence-corrected chi connectivity index (χ2v) is 8.73.